The molecule has 0 bridgehead atoms. The molecule has 0 aliphatic heterocycles. The predicted octanol–water partition coefficient (Wildman–Crippen LogP) is 2.75. The molecule has 0 spiro atoms. The Bertz CT molecular complexity index is 216. The van der Waals surface area contributed by atoms with Crippen LogP contribution in [0.15, 0.2) is 22.5 Å². The number of halogens is 1. The maximum Gasteiger partial charge on any atom is 0.140 e. The lowest BCUT2D eigenvalue weighted by atomic mass is 10.5. The molecule has 0 radical (unpaired) electrons. The molecule has 0 N–H and O–H groups in total. The van der Waals surface area contributed by atoms with Crippen LogP contribution in [0.25, 0.3) is 0 Å². The van der Waals surface area contributed by atoms with Crippen molar-refractivity contribution in [2.45, 2.75) is 6.92 Å². The molecule has 54 valence electrons. The molecule has 1 heterocycles. The molecule has 0 unspecified atom stereocenters. The van der Waals surface area contributed by atoms with Crippen molar-refractivity contribution in [3.05, 3.63) is 22.4 Å². The zero-order valence-electron chi connectivity index (χ0n) is 5.67. The fraction of sp³-hybridized carbons (Fsp3) is 0.286. The van der Waals surface area contributed by atoms with Crippen LogP contribution in [-0.4, -0.2) is 11.7 Å². The third kappa shape index (κ3) is 1.82. The van der Waals surface area contributed by atoms with Crippen molar-refractivity contribution < 1.29 is 0 Å². The van der Waals surface area contributed by atoms with E-state index in [1.165, 1.54) is 0 Å². The monoisotopic (exact) mass is 173 g/mol. The minimum Gasteiger partial charge on any atom is -0.272 e. The van der Waals surface area contributed by atoms with Crippen molar-refractivity contribution in [2.24, 2.45) is 4.99 Å². The first-order valence-electron chi connectivity index (χ1n) is 3.08. The summed E-state index contributed by atoms with van der Waals surface area (Å²) in [5.41, 5.74) is 0. The second kappa shape index (κ2) is 3.74. The molecule has 1 aromatic heterocycles. The lowest BCUT2D eigenvalue weighted by molar-refractivity contribution is 1.14. The second-order valence-corrected chi connectivity index (χ2v) is 3.05. The smallest absolute Gasteiger partial charge is 0.140 e. The first-order chi connectivity index (χ1) is 4.84. The fourth-order valence-corrected chi connectivity index (χ4v) is 1.55. The van der Waals surface area contributed by atoms with Gasteiger partial charge in [-0.3, -0.25) is 4.99 Å². The van der Waals surface area contributed by atoms with Crippen molar-refractivity contribution in [3.63, 3.8) is 0 Å². The van der Waals surface area contributed by atoms with Gasteiger partial charge in [0.05, 0.1) is 4.88 Å². The van der Waals surface area contributed by atoms with Crippen LogP contribution in [0.5, 0.6) is 0 Å². The Labute approximate surface area is 69.4 Å². The molecule has 0 amide bonds. The number of hydrogen-bond donors (Lipinski definition) is 0. The van der Waals surface area contributed by atoms with Crippen LogP contribution in [0.3, 0.4) is 0 Å². The van der Waals surface area contributed by atoms with Gasteiger partial charge >= 0.3 is 0 Å². The van der Waals surface area contributed by atoms with E-state index in [1.54, 1.807) is 11.3 Å². The molecule has 10 heavy (non-hydrogen) atoms. The van der Waals surface area contributed by atoms with Crippen molar-refractivity contribution in [1.82, 2.24) is 0 Å². The van der Waals surface area contributed by atoms with Gasteiger partial charge in [-0.25, -0.2) is 0 Å². The van der Waals surface area contributed by atoms with E-state index < -0.39 is 0 Å². The number of thiophene rings is 1. The molecule has 1 nitrogen and oxygen atoms in total. The van der Waals surface area contributed by atoms with E-state index in [9.17, 15) is 0 Å². The van der Waals surface area contributed by atoms with Crippen LogP contribution in [0.4, 0.5) is 0 Å². The van der Waals surface area contributed by atoms with Crippen LogP contribution in [0.1, 0.15) is 11.8 Å². The predicted molar refractivity (Wildman–Crippen MR) is 47.3 cm³/mol. The molecule has 0 aliphatic rings. The zero-order chi connectivity index (χ0) is 7.40. The molecule has 1 rings (SSSR count). The van der Waals surface area contributed by atoms with E-state index in [1.807, 2.05) is 24.4 Å². The van der Waals surface area contributed by atoms with Crippen LogP contribution in [0.2, 0.25) is 0 Å². The van der Waals surface area contributed by atoms with E-state index >= 15 is 0 Å². The minimum absolute atomic E-state index is 0.623. The lowest BCUT2D eigenvalue weighted by Gasteiger charge is -1.89. The van der Waals surface area contributed by atoms with E-state index in [-0.39, 0.29) is 0 Å². The van der Waals surface area contributed by atoms with Crippen LogP contribution in [0, 0.1) is 0 Å². The molecule has 0 saturated heterocycles. The van der Waals surface area contributed by atoms with E-state index in [0.29, 0.717) is 5.17 Å². The van der Waals surface area contributed by atoms with Crippen molar-refractivity contribution in [3.8, 4) is 0 Å². The van der Waals surface area contributed by atoms with Crippen LogP contribution < -0.4 is 0 Å². The van der Waals surface area contributed by atoms with E-state index in [0.717, 1.165) is 11.4 Å². The van der Waals surface area contributed by atoms with Gasteiger partial charge in [-0.15, -0.1) is 11.3 Å². The molecule has 0 atom stereocenters. The molecule has 0 aromatic carbocycles. The Kier molecular flexibility index (Phi) is 2.90. The number of rotatable bonds is 2. The summed E-state index contributed by atoms with van der Waals surface area (Å²) in [5, 5.41) is 2.61. The van der Waals surface area contributed by atoms with Gasteiger partial charge in [0.1, 0.15) is 5.17 Å². The van der Waals surface area contributed by atoms with Crippen LogP contribution >= 0.6 is 22.9 Å². The Morgan fingerprint density at radius 1 is 1.80 bits per heavy atom. The maximum atomic E-state index is 5.81. The largest absolute Gasteiger partial charge is 0.272 e. The SMILES string of the molecule is CCN=C(Cl)c1cccs1. The van der Waals surface area contributed by atoms with E-state index in [2.05, 4.69) is 4.99 Å². The van der Waals surface area contributed by atoms with E-state index in [4.69, 9.17) is 11.6 Å². The number of hydrogen-bond acceptors (Lipinski definition) is 2. The standard InChI is InChI=1S/C7H8ClNS/c1-2-9-7(8)6-4-3-5-10-6/h3-5H,2H2,1H3. The van der Waals surface area contributed by atoms with Gasteiger partial charge in [-0.1, -0.05) is 17.7 Å². The van der Waals surface area contributed by atoms with Crippen molar-refractivity contribution in [1.29, 1.82) is 0 Å². The summed E-state index contributed by atoms with van der Waals surface area (Å²) in [7, 11) is 0. The molecule has 0 saturated carbocycles. The average Bonchev–Trinajstić information content (AvgIpc) is 2.38. The Balaban J connectivity index is 2.77. The Hall–Kier alpha value is -0.340. The second-order valence-electron chi connectivity index (χ2n) is 1.74. The summed E-state index contributed by atoms with van der Waals surface area (Å²) >= 11 is 7.42. The Morgan fingerprint density at radius 3 is 3.10 bits per heavy atom. The highest BCUT2D eigenvalue weighted by molar-refractivity contribution is 7.14. The minimum atomic E-state index is 0.623. The first-order valence-corrected chi connectivity index (χ1v) is 4.34. The summed E-state index contributed by atoms with van der Waals surface area (Å²) in [6.45, 7) is 2.72. The van der Waals surface area contributed by atoms with Gasteiger partial charge in [0.2, 0.25) is 0 Å². The first kappa shape index (κ1) is 7.76. The highest BCUT2D eigenvalue weighted by Gasteiger charge is 1.97. The zero-order valence-corrected chi connectivity index (χ0v) is 7.25. The normalized spacial score (nSPS) is 12.0. The molecule has 3 heteroatoms. The van der Waals surface area contributed by atoms with Gasteiger partial charge in [0.15, 0.2) is 0 Å². The lowest BCUT2D eigenvalue weighted by Crippen LogP contribution is -1.86. The molecular formula is C7H8ClNS. The third-order valence-corrected chi connectivity index (χ3v) is 2.33. The van der Waals surface area contributed by atoms with Gasteiger partial charge in [-0.05, 0) is 18.4 Å². The molecular weight excluding hydrogens is 166 g/mol. The van der Waals surface area contributed by atoms with Gasteiger partial charge in [0, 0.05) is 6.54 Å². The van der Waals surface area contributed by atoms with Gasteiger partial charge in [-0.2, -0.15) is 0 Å². The van der Waals surface area contributed by atoms with Crippen LogP contribution in [-0.2, 0) is 0 Å². The average molecular weight is 174 g/mol. The maximum absolute atomic E-state index is 5.81. The van der Waals surface area contributed by atoms with Crippen molar-refractivity contribution in [2.75, 3.05) is 6.54 Å². The van der Waals surface area contributed by atoms with Gasteiger partial charge in [0.25, 0.3) is 0 Å². The highest BCUT2D eigenvalue weighted by atomic mass is 35.5. The summed E-state index contributed by atoms with van der Waals surface area (Å²) in [5.74, 6) is 0. The summed E-state index contributed by atoms with van der Waals surface area (Å²) < 4.78 is 0. The number of nitrogens with zero attached hydrogens (tertiary/aromatic N) is 1. The number of aliphatic imine (C=N–C) groups is 1. The van der Waals surface area contributed by atoms with Crippen molar-refractivity contribution >= 4 is 28.1 Å². The van der Waals surface area contributed by atoms with Gasteiger partial charge < -0.3 is 0 Å². The highest BCUT2D eigenvalue weighted by Crippen LogP contribution is 2.12. The summed E-state index contributed by atoms with van der Waals surface area (Å²) in [4.78, 5) is 5.10. The fourth-order valence-electron chi connectivity index (χ4n) is 0.613. The topological polar surface area (TPSA) is 12.4 Å². The Morgan fingerprint density at radius 2 is 2.60 bits per heavy atom. The molecule has 0 aliphatic carbocycles. The summed E-state index contributed by atoms with van der Waals surface area (Å²) in [6.07, 6.45) is 0. The molecule has 0 fully saturated rings. The third-order valence-electron chi connectivity index (χ3n) is 1.02. The molecule has 1 aromatic rings. The quantitative estimate of drug-likeness (QED) is 0.610. The summed E-state index contributed by atoms with van der Waals surface area (Å²) in [6, 6.07) is 3.93.